The van der Waals surface area contributed by atoms with Crippen molar-refractivity contribution < 1.29 is 23.9 Å². The number of rotatable bonds is 8. The van der Waals surface area contributed by atoms with Crippen molar-refractivity contribution in [3.63, 3.8) is 0 Å². The molecule has 0 atom stereocenters. The summed E-state index contributed by atoms with van der Waals surface area (Å²) in [5.74, 6) is 0.471. The van der Waals surface area contributed by atoms with Crippen molar-refractivity contribution in [3.05, 3.63) is 59.7 Å². The maximum Gasteiger partial charge on any atom is 0.303 e. The normalized spacial score (nSPS) is 13.0. The van der Waals surface area contributed by atoms with Crippen LogP contribution in [0, 0.1) is 6.92 Å². The molecule has 3 aromatic rings. The van der Waals surface area contributed by atoms with Crippen LogP contribution in [0.15, 0.2) is 42.7 Å². The van der Waals surface area contributed by atoms with Gasteiger partial charge in [0.25, 0.3) is 11.8 Å². The number of aryl methyl sites for hydroxylation is 2. The zero-order valence-corrected chi connectivity index (χ0v) is 22.9. The second-order valence-corrected chi connectivity index (χ2v) is 9.34. The lowest BCUT2D eigenvalue weighted by Crippen LogP contribution is -2.38. The summed E-state index contributed by atoms with van der Waals surface area (Å²) >= 11 is 0. The molecule has 2 aromatic heterocycles. The molecule has 39 heavy (non-hydrogen) atoms. The Morgan fingerprint density at radius 2 is 1.87 bits per heavy atom. The van der Waals surface area contributed by atoms with Crippen molar-refractivity contribution in [2.75, 3.05) is 13.7 Å². The minimum absolute atomic E-state index is 0.147. The molecule has 1 fully saturated rings. The summed E-state index contributed by atoms with van der Waals surface area (Å²) in [5, 5.41) is 10.0. The molecule has 11 heteroatoms. The Morgan fingerprint density at radius 3 is 2.54 bits per heavy atom. The zero-order chi connectivity index (χ0) is 28.2. The first-order valence-electron chi connectivity index (χ1n) is 12.9. The van der Waals surface area contributed by atoms with Gasteiger partial charge in [0, 0.05) is 37.8 Å². The molecular weight excluding hydrogens is 500 g/mol. The number of nitrogens with zero attached hydrogens (tertiary/aromatic N) is 4. The molecule has 4 rings (SSSR count). The fraction of sp³-hybridized carbons (Fsp3) is 0.429. The van der Waals surface area contributed by atoms with Gasteiger partial charge in [0.05, 0.1) is 7.11 Å². The van der Waals surface area contributed by atoms with Gasteiger partial charge in [-0.3, -0.25) is 19.1 Å². The van der Waals surface area contributed by atoms with E-state index in [4.69, 9.17) is 4.74 Å². The highest BCUT2D eigenvalue weighted by Gasteiger charge is 2.16. The molecule has 1 aromatic carbocycles. The number of carbonyl (C=O) groups is 3. The van der Waals surface area contributed by atoms with Crippen molar-refractivity contribution in [3.8, 4) is 17.1 Å². The minimum atomic E-state index is -0.413. The Labute approximate surface area is 228 Å². The van der Waals surface area contributed by atoms with Gasteiger partial charge in [-0.05, 0) is 49.6 Å². The van der Waals surface area contributed by atoms with Gasteiger partial charge in [0.2, 0.25) is 0 Å². The van der Waals surface area contributed by atoms with Crippen LogP contribution < -0.4 is 15.4 Å². The number of benzene rings is 1. The number of esters is 1. The number of aromatic nitrogens is 4. The third kappa shape index (κ3) is 9.84. The molecule has 0 saturated heterocycles. The number of nitrogens with one attached hydrogen (secondary N) is 2. The summed E-state index contributed by atoms with van der Waals surface area (Å²) in [6.45, 7) is 3.38. The quantitative estimate of drug-likeness (QED) is 0.419. The minimum Gasteiger partial charge on any atom is -0.497 e. The van der Waals surface area contributed by atoms with Crippen LogP contribution in [0.1, 0.15) is 60.8 Å². The Morgan fingerprint density at radius 1 is 1.10 bits per heavy atom. The maximum atomic E-state index is 12.5. The van der Waals surface area contributed by atoms with Crippen molar-refractivity contribution in [2.45, 2.75) is 58.5 Å². The van der Waals surface area contributed by atoms with Crippen LogP contribution in [0.25, 0.3) is 11.4 Å². The van der Waals surface area contributed by atoms with Gasteiger partial charge >= 0.3 is 5.97 Å². The summed E-state index contributed by atoms with van der Waals surface area (Å²) in [5.41, 5.74) is 2.79. The summed E-state index contributed by atoms with van der Waals surface area (Å²) in [6, 6.07) is 11.4. The SMILES string of the molecule is CC(=O)OCC(=O)NC1CCCCC1.COc1cccc(CNC(=O)c2cc(-c3ncn(C)n3)cc(C)n2)c1. The molecule has 2 amide bonds. The van der Waals surface area contributed by atoms with Crippen molar-refractivity contribution in [1.29, 1.82) is 0 Å². The van der Waals surface area contributed by atoms with Crippen LogP contribution in [0.3, 0.4) is 0 Å². The van der Waals surface area contributed by atoms with E-state index < -0.39 is 5.97 Å². The molecule has 0 bridgehead atoms. The van der Waals surface area contributed by atoms with Crippen LogP contribution in [-0.2, 0) is 27.9 Å². The van der Waals surface area contributed by atoms with E-state index in [2.05, 4.69) is 30.4 Å². The zero-order valence-electron chi connectivity index (χ0n) is 22.9. The van der Waals surface area contributed by atoms with E-state index >= 15 is 0 Å². The lowest BCUT2D eigenvalue weighted by atomic mass is 9.95. The molecule has 2 N–H and O–H groups in total. The van der Waals surface area contributed by atoms with Crippen LogP contribution in [0.5, 0.6) is 5.75 Å². The number of pyridine rings is 1. The number of hydrogen-bond acceptors (Lipinski definition) is 8. The molecule has 0 spiro atoms. The highest BCUT2D eigenvalue weighted by atomic mass is 16.5. The molecule has 0 radical (unpaired) electrons. The summed E-state index contributed by atoms with van der Waals surface area (Å²) < 4.78 is 11.4. The first kappa shape index (κ1) is 29.3. The van der Waals surface area contributed by atoms with Gasteiger partial charge in [-0.25, -0.2) is 9.97 Å². The Balaban J connectivity index is 0.000000255. The van der Waals surface area contributed by atoms with Gasteiger partial charge in [-0.2, -0.15) is 5.10 Å². The number of ether oxygens (including phenoxy) is 2. The third-order valence-electron chi connectivity index (χ3n) is 6.01. The topological polar surface area (TPSA) is 137 Å². The maximum absolute atomic E-state index is 12.5. The summed E-state index contributed by atoms with van der Waals surface area (Å²) in [6.07, 6.45) is 7.33. The van der Waals surface area contributed by atoms with E-state index in [9.17, 15) is 14.4 Å². The van der Waals surface area contributed by atoms with E-state index in [0.29, 0.717) is 18.1 Å². The van der Waals surface area contributed by atoms with Gasteiger partial charge < -0.3 is 20.1 Å². The monoisotopic (exact) mass is 536 g/mol. The first-order chi connectivity index (χ1) is 18.7. The van der Waals surface area contributed by atoms with E-state index in [1.54, 1.807) is 31.2 Å². The lowest BCUT2D eigenvalue weighted by Gasteiger charge is -2.22. The van der Waals surface area contributed by atoms with E-state index in [-0.39, 0.29) is 24.5 Å². The van der Waals surface area contributed by atoms with Crippen LogP contribution in [0.2, 0.25) is 0 Å². The smallest absolute Gasteiger partial charge is 0.303 e. The highest BCUT2D eigenvalue weighted by Crippen LogP contribution is 2.18. The highest BCUT2D eigenvalue weighted by molar-refractivity contribution is 5.93. The van der Waals surface area contributed by atoms with Crippen LogP contribution in [-0.4, -0.2) is 57.3 Å². The van der Waals surface area contributed by atoms with E-state index in [1.165, 1.54) is 26.2 Å². The molecular formula is C28H36N6O5. The second kappa shape index (κ2) is 14.6. The Kier molecular flexibility index (Phi) is 11.0. The van der Waals surface area contributed by atoms with E-state index in [1.807, 2.05) is 37.3 Å². The van der Waals surface area contributed by atoms with E-state index in [0.717, 1.165) is 35.4 Å². The van der Waals surface area contributed by atoms with Gasteiger partial charge in [0.1, 0.15) is 17.8 Å². The molecule has 0 unspecified atom stereocenters. The van der Waals surface area contributed by atoms with Gasteiger partial charge in [0.15, 0.2) is 12.4 Å². The van der Waals surface area contributed by atoms with Crippen molar-refractivity contribution in [2.24, 2.45) is 7.05 Å². The average Bonchev–Trinajstić information content (AvgIpc) is 3.37. The van der Waals surface area contributed by atoms with Crippen molar-refractivity contribution >= 4 is 17.8 Å². The molecule has 1 aliphatic carbocycles. The number of methoxy groups -OCH3 is 1. The van der Waals surface area contributed by atoms with Crippen LogP contribution in [0.4, 0.5) is 0 Å². The molecule has 11 nitrogen and oxygen atoms in total. The van der Waals surface area contributed by atoms with Gasteiger partial charge in [-0.15, -0.1) is 0 Å². The Bertz CT molecular complexity index is 1270. The summed E-state index contributed by atoms with van der Waals surface area (Å²) in [4.78, 5) is 42.7. The lowest BCUT2D eigenvalue weighted by molar-refractivity contribution is -0.146. The van der Waals surface area contributed by atoms with Crippen LogP contribution >= 0.6 is 0 Å². The summed E-state index contributed by atoms with van der Waals surface area (Å²) in [7, 11) is 3.41. The predicted molar refractivity (Wildman–Crippen MR) is 145 cm³/mol. The molecule has 1 saturated carbocycles. The Hall–Kier alpha value is -4.28. The third-order valence-corrected chi connectivity index (χ3v) is 6.01. The van der Waals surface area contributed by atoms with Gasteiger partial charge in [-0.1, -0.05) is 31.4 Å². The number of hydrogen-bond donors (Lipinski definition) is 2. The standard InChI is InChI=1S/C18H19N5O2.C10H17NO3/c1-12-7-14(17-20-11-23(2)22-17)9-16(21-12)18(24)19-10-13-5-4-6-15(8-13)25-3;1-8(12)14-7-10(13)11-9-5-3-2-4-6-9/h4-9,11H,10H2,1-3H3,(H,19,24);9H,2-7H2,1H3,(H,11,13). The fourth-order valence-electron chi connectivity index (χ4n) is 4.12. The number of carbonyl (C=O) groups excluding carboxylic acids is 3. The predicted octanol–water partition coefficient (Wildman–Crippen LogP) is 3.12. The second-order valence-electron chi connectivity index (χ2n) is 9.34. The average molecular weight is 537 g/mol. The molecule has 0 aliphatic heterocycles. The molecule has 208 valence electrons. The molecule has 1 aliphatic rings. The fourth-order valence-corrected chi connectivity index (χ4v) is 4.12. The molecule has 2 heterocycles. The van der Waals surface area contributed by atoms with Crippen molar-refractivity contribution in [1.82, 2.24) is 30.4 Å². The first-order valence-corrected chi connectivity index (χ1v) is 12.9. The number of amides is 2. The largest absolute Gasteiger partial charge is 0.497 e.